The molecule has 2 aromatic rings. The zero-order valence-corrected chi connectivity index (χ0v) is 18.9. The minimum absolute atomic E-state index is 0.176. The third kappa shape index (κ3) is 4.86. The van der Waals surface area contributed by atoms with Crippen molar-refractivity contribution < 1.29 is 13.2 Å². The number of carbonyl (C=O) groups excluding carboxylic acids is 1. The zero-order valence-electron chi connectivity index (χ0n) is 15.9. The predicted octanol–water partition coefficient (Wildman–Crippen LogP) is 4.28. The van der Waals surface area contributed by atoms with Crippen molar-refractivity contribution in [2.75, 3.05) is 17.9 Å². The molecule has 0 heterocycles. The van der Waals surface area contributed by atoms with Gasteiger partial charge in [0.05, 0.1) is 10.6 Å². The van der Waals surface area contributed by atoms with Gasteiger partial charge < -0.3 is 4.90 Å². The summed E-state index contributed by atoms with van der Waals surface area (Å²) in [5, 5.41) is 0. The first-order valence-corrected chi connectivity index (χ1v) is 12.0. The number of hydrogen-bond donors (Lipinski definition) is 0. The van der Waals surface area contributed by atoms with Crippen LogP contribution in [0.15, 0.2) is 59.5 Å². The van der Waals surface area contributed by atoms with Crippen LogP contribution in [0.25, 0.3) is 0 Å². The summed E-state index contributed by atoms with van der Waals surface area (Å²) in [5.41, 5.74) is 0.495. The van der Waals surface area contributed by atoms with Crippen LogP contribution in [0.1, 0.15) is 32.1 Å². The van der Waals surface area contributed by atoms with E-state index in [9.17, 15) is 13.2 Å². The van der Waals surface area contributed by atoms with Gasteiger partial charge in [-0.3, -0.25) is 9.10 Å². The molecule has 0 aromatic heterocycles. The van der Waals surface area contributed by atoms with Gasteiger partial charge in [0.1, 0.15) is 6.54 Å². The van der Waals surface area contributed by atoms with Crippen molar-refractivity contribution >= 4 is 44.2 Å². The third-order valence-electron chi connectivity index (χ3n) is 5.24. The van der Waals surface area contributed by atoms with E-state index in [0.717, 1.165) is 29.3 Å². The van der Waals surface area contributed by atoms with Crippen LogP contribution in [-0.2, 0) is 14.8 Å². The maximum absolute atomic E-state index is 13.3. The Morgan fingerprint density at radius 2 is 1.61 bits per heavy atom. The quantitative estimate of drug-likeness (QED) is 0.544. The molecule has 1 amide bonds. The molecule has 0 aliphatic heterocycles. The van der Waals surface area contributed by atoms with E-state index < -0.39 is 10.0 Å². The standard InChI is InChI=1S/C21H25IN2O3S/c1-23(18-8-4-2-5-9-18)21(25)16-24(19-14-12-17(22)13-15-19)28(26,27)20-10-6-3-7-11-20/h3,6-7,10-15,18H,2,4-5,8-9,16H2,1H3. The second kappa shape index (κ2) is 9.26. The first-order valence-electron chi connectivity index (χ1n) is 9.48. The molecule has 0 radical (unpaired) electrons. The largest absolute Gasteiger partial charge is 0.341 e. The summed E-state index contributed by atoms with van der Waals surface area (Å²) in [7, 11) is -2.05. The number of benzene rings is 2. The van der Waals surface area contributed by atoms with Crippen LogP contribution in [0.5, 0.6) is 0 Å². The third-order valence-corrected chi connectivity index (χ3v) is 7.75. The van der Waals surface area contributed by atoms with Crippen molar-refractivity contribution in [3.63, 3.8) is 0 Å². The highest BCUT2D eigenvalue weighted by atomic mass is 127. The summed E-state index contributed by atoms with van der Waals surface area (Å²) in [6.45, 7) is -0.204. The molecule has 0 atom stereocenters. The molecule has 1 saturated carbocycles. The Kier molecular flexibility index (Phi) is 6.98. The van der Waals surface area contributed by atoms with E-state index in [0.29, 0.717) is 5.69 Å². The highest BCUT2D eigenvalue weighted by Crippen LogP contribution is 2.26. The second-order valence-corrected chi connectivity index (χ2v) is 10.2. The number of hydrogen-bond acceptors (Lipinski definition) is 3. The van der Waals surface area contributed by atoms with Gasteiger partial charge in [0.25, 0.3) is 10.0 Å². The van der Waals surface area contributed by atoms with Gasteiger partial charge in [-0.05, 0) is 71.8 Å². The molecule has 7 heteroatoms. The van der Waals surface area contributed by atoms with Gasteiger partial charge in [0, 0.05) is 16.7 Å². The van der Waals surface area contributed by atoms with Crippen LogP contribution in [0.3, 0.4) is 0 Å². The van der Waals surface area contributed by atoms with E-state index in [1.54, 1.807) is 54.4 Å². The summed E-state index contributed by atoms with van der Waals surface area (Å²) in [6.07, 6.45) is 5.40. The SMILES string of the molecule is CN(C(=O)CN(c1ccc(I)cc1)S(=O)(=O)c1ccccc1)C1CCCCC1. The highest BCUT2D eigenvalue weighted by molar-refractivity contribution is 14.1. The van der Waals surface area contributed by atoms with Gasteiger partial charge in [-0.25, -0.2) is 8.42 Å². The Bertz CT molecular complexity index is 895. The molecule has 0 N–H and O–H groups in total. The summed E-state index contributed by atoms with van der Waals surface area (Å²) in [5.74, 6) is -0.176. The van der Waals surface area contributed by atoms with Crippen LogP contribution in [0.2, 0.25) is 0 Å². The molecule has 1 aliphatic rings. The number of carbonyl (C=O) groups is 1. The van der Waals surface area contributed by atoms with E-state index in [1.165, 1.54) is 10.7 Å². The molecular formula is C21H25IN2O3S. The summed E-state index contributed by atoms with van der Waals surface area (Å²) in [4.78, 5) is 14.9. The molecule has 5 nitrogen and oxygen atoms in total. The lowest BCUT2D eigenvalue weighted by molar-refractivity contribution is -0.130. The lowest BCUT2D eigenvalue weighted by Crippen LogP contribution is -2.45. The average molecular weight is 512 g/mol. The maximum Gasteiger partial charge on any atom is 0.264 e. The van der Waals surface area contributed by atoms with Gasteiger partial charge in [0.2, 0.25) is 5.91 Å². The van der Waals surface area contributed by atoms with Gasteiger partial charge in [0.15, 0.2) is 0 Å². The number of likely N-dealkylation sites (N-methyl/N-ethyl adjacent to an activating group) is 1. The first kappa shape index (κ1) is 21.1. The number of halogens is 1. The topological polar surface area (TPSA) is 57.7 Å². The Hall–Kier alpha value is -1.61. The van der Waals surface area contributed by atoms with Crippen LogP contribution < -0.4 is 4.31 Å². The lowest BCUT2D eigenvalue weighted by atomic mass is 9.94. The highest BCUT2D eigenvalue weighted by Gasteiger charge is 2.30. The van der Waals surface area contributed by atoms with E-state index in [-0.39, 0.29) is 23.4 Å². The van der Waals surface area contributed by atoms with Crippen molar-refractivity contribution in [3.05, 3.63) is 58.2 Å². The minimum atomic E-state index is -3.84. The smallest absolute Gasteiger partial charge is 0.264 e. The molecule has 1 aliphatic carbocycles. The lowest BCUT2D eigenvalue weighted by Gasteiger charge is -2.33. The van der Waals surface area contributed by atoms with Crippen LogP contribution in [0, 0.1) is 3.57 Å². The Morgan fingerprint density at radius 1 is 1.00 bits per heavy atom. The molecule has 28 heavy (non-hydrogen) atoms. The molecule has 0 saturated heterocycles. The molecule has 2 aromatic carbocycles. The second-order valence-electron chi connectivity index (χ2n) is 7.10. The van der Waals surface area contributed by atoms with Gasteiger partial charge >= 0.3 is 0 Å². The molecule has 150 valence electrons. The van der Waals surface area contributed by atoms with Crippen LogP contribution in [-0.4, -0.2) is 38.9 Å². The average Bonchev–Trinajstić information content (AvgIpc) is 2.73. The van der Waals surface area contributed by atoms with Crippen molar-refractivity contribution in [1.29, 1.82) is 0 Å². The minimum Gasteiger partial charge on any atom is -0.341 e. The molecule has 0 unspecified atom stereocenters. The fourth-order valence-corrected chi connectivity index (χ4v) is 5.34. The molecule has 0 spiro atoms. The fourth-order valence-electron chi connectivity index (χ4n) is 3.55. The molecule has 3 rings (SSSR count). The predicted molar refractivity (Wildman–Crippen MR) is 120 cm³/mol. The van der Waals surface area contributed by atoms with E-state index in [4.69, 9.17) is 0 Å². The van der Waals surface area contributed by atoms with Crippen molar-refractivity contribution in [1.82, 2.24) is 4.90 Å². The number of amides is 1. The van der Waals surface area contributed by atoms with Crippen LogP contribution >= 0.6 is 22.6 Å². The van der Waals surface area contributed by atoms with Gasteiger partial charge in [-0.15, -0.1) is 0 Å². The normalized spacial score (nSPS) is 15.2. The monoisotopic (exact) mass is 512 g/mol. The van der Waals surface area contributed by atoms with Crippen molar-refractivity contribution in [3.8, 4) is 0 Å². The van der Waals surface area contributed by atoms with Gasteiger partial charge in [-0.1, -0.05) is 37.5 Å². The first-order chi connectivity index (χ1) is 13.4. The Balaban J connectivity index is 1.90. The van der Waals surface area contributed by atoms with Gasteiger partial charge in [-0.2, -0.15) is 0 Å². The van der Waals surface area contributed by atoms with E-state index in [1.807, 2.05) is 12.1 Å². The maximum atomic E-state index is 13.3. The number of nitrogens with zero attached hydrogens (tertiary/aromatic N) is 2. The van der Waals surface area contributed by atoms with Crippen molar-refractivity contribution in [2.45, 2.75) is 43.0 Å². The Labute approximate surface area is 180 Å². The summed E-state index contributed by atoms with van der Waals surface area (Å²) < 4.78 is 28.8. The summed E-state index contributed by atoms with van der Waals surface area (Å²) in [6, 6.07) is 15.7. The zero-order chi connectivity index (χ0) is 20.1. The number of anilines is 1. The van der Waals surface area contributed by atoms with E-state index in [2.05, 4.69) is 22.6 Å². The molecule has 0 bridgehead atoms. The number of sulfonamides is 1. The van der Waals surface area contributed by atoms with E-state index >= 15 is 0 Å². The molecule has 1 fully saturated rings. The van der Waals surface area contributed by atoms with Crippen molar-refractivity contribution in [2.24, 2.45) is 0 Å². The summed E-state index contributed by atoms with van der Waals surface area (Å²) >= 11 is 2.17. The molecular weight excluding hydrogens is 487 g/mol. The number of rotatable bonds is 6. The fraction of sp³-hybridized carbons (Fsp3) is 0.381. The Morgan fingerprint density at radius 3 is 2.21 bits per heavy atom. The van der Waals surface area contributed by atoms with Crippen LogP contribution in [0.4, 0.5) is 5.69 Å².